The highest BCUT2D eigenvalue weighted by molar-refractivity contribution is 5.74. The molecule has 1 N–H and O–H groups in total. The second kappa shape index (κ2) is 8.39. The van der Waals surface area contributed by atoms with Gasteiger partial charge in [-0.15, -0.1) is 0 Å². The van der Waals surface area contributed by atoms with Crippen LogP contribution in [0.15, 0.2) is 48.5 Å². The Morgan fingerprint density at radius 1 is 1.12 bits per heavy atom. The maximum absolute atomic E-state index is 11.8. The molecule has 0 aliphatic carbocycles. The van der Waals surface area contributed by atoms with Gasteiger partial charge in [-0.3, -0.25) is 0 Å². The second-order valence-corrected chi connectivity index (χ2v) is 6.35. The third-order valence-electron chi connectivity index (χ3n) is 4.56. The first-order chi connectivity index (χ1) is 12.7. The Balaban J connectivity index is 1.55. The van der Waals surface area contributed by atoms with Crippen LogP contribution in [0.1, 0.15) is 25.3 Å². The van der Waals surface area contributed by atoms with Crippen molar-refractivity contribution in [1.29, 1.82) is 5.26 Å². The normalized spacial score (nSPS) is 14.5. The van der Waals surface area contributed by atoms with Crippen molar-refractivity contribution in [3.05, 3.63) is 54.1 Å². The van der Waals surface area contributed by atoms with E-state index in [0.29, 0.717) is 12.1 Å². The van der Waals surface area contributed by atoms with Gasteiger partial charge in [0.1, 0.15) is 11.9 Å². The summed E-state index contributed by atoms with van der Waals surface area (Å²) in [5, 5.41) is 11.7. The van der Waals surface area contributed by atoms with Crippen molar-refractivity contribution in [2.24, 2.45) is 0 Å². The standard InChI is InChI=1S/C21H23N3O2/c1-2-23-21(25)24-13-11-20(12-14-24)26-19-9-7-18(8-10-19)17-5-3-16(15-22)4-6-17/h3-10,20H,2,11-14H2,1H3,(H,23,25). The van der Waals surface area contributed by atoms with E-state index >= 15 is 0 Å². The van der Waals surface area contributed by atoms with Crippen molar-refractivity contribution in [2.45, 2.75) is 25.9 Å². The van der Waals surface area contributed by atoms with Crippen molar-refractivity contribution in [1.82, 2.24) is 10.2 Å². The van der Waals surface area contributed by atoms with Crippen LogP contribution in [0.5, 0.6) is 5.75 Å². The van der Waals surface area contributed by atoms with Crippen LogP contribution in [-0.2, 0) is 0 Å². The number of ether oxygens (including phenoxy) is 1. The highest BCUT2D eigenvalue weighted by Gasteiger charge is 2.23. The molecule has 1 heterocycles. The zero-order valence-corrected chi connectivity index (χ0v) is 14.9. The first kappa shape index (κ1) is 17.8. The number of urea groups is 1. The van der Waals surface area contributed by atoms with E-state index in [1.807, 2.05) is 60.4 Å². The van der Waals surface area contributed by atoms with Gasteiger partial charge in [-0.25, -0.2) is 4.79 Å². The van der Waals surface area contributed by atoms with E-state index in [0.717, 1.165) is 42.8 Å². The highest BCUT2D eigenvalue weighted by atomic mass is 16.5. The van der Waals surface area contributed by atoms with Gasteiger partial charge in [0, 0.05) is 32.5 Å². The van der Waals surface area contributed by atoms with Crippen molar-refractivity contribution in [3.8, 4) is 22.9 Å². The van der Waals surface area contributed by atoms with Crippen LogP contribution in [0, 0.1) is 11.3 Å². The molecule has 5 heteroatoms. The number of piperidine rings is 1. The van der Waals surface area contributed by atoms with Crippen LogP contribution >= 0.6 is 0 Å². The Kier molecular flexibility index (Phi) is 5.75. The van der Waals surface area contributed by atoms with Crippen LogP contribution < -0.4 is 10.1 Å². The molecule has 0 bridgehead atoms. The highest BCUT2D eigenvalue weighted by Crippen LogP contribution is 2.25. The third kappa shape index (κ3) is 4.34. The molecule has 1 saturated heterocycles. The smallest absolute Gasteiger partial charge is 0.317 e. The lowest BCUT2D eigenvalue weighted by atomic mass is 10.0. The second-order valence-electron chi connectivity index (χ2n) is 6.35. The van der Waals surface area contributed by atoms with Gasteiger partial charge in [-0.05, 0) is 42.3 Å². The maximum Gasteiger partial charge on any atom is 0.317 e. The maximum atomic E-state index is 11.8. The van der Waals surface area contributed by atoms with E-state index < -0.39 is 0 Å². The van der Waals surface area contributed by atoms with Gasteiger partial charge in [-0.1, -0.05) is 24.3 Å². The van der Waals surface area contributed by atoms with E-state index in [1.54, 1.807) is 0 Å². The number of carbonyl (C=O) groups excluding carboxylic acids is 1. The number of likely N-dealkylation sites (tertiary alicyclic amines) is 1. The minimum absolute atomic E-state index is 0.0118. The molecule has 2 aromatic rings. The van der Waals surface area contributed by atoms with Gasteiger partial charge in [0.15, 0.2) is 0 Å². The molecule has 1 aliphatic heterocycles. The number of amides is 2. The summed E-state index contributed by atoms with van der Waals surface area (Å²) in [5.74, 6) is 0.846. The van der Waals surface area contributed by atoms with E-state index in [9.17, 15) is 4.79 Å². The molecule has 0 unspecified atom stereocenters. The molecule has 134 valence electrons. The Morgan fingerprint density at radius 3 is 2.23 bits per heavy atom. The summed E-state index contributed by atoms with van der Waals surface area (Å²) in [6, 6.07) is 17.7. The van der Waals surface area contributed by atoms with Crippen LogP contribution in [0.25, 0.3) is 11.1 Å². The summed E-state index contributed by atoms with van der Waals surface area (Å²) in [7, 11) is 0. The van der Waals surface area contributed by atoms with Gasteiger partial charge in [-0.2, -0.15) is 5.26 Å². The molecule has 3 rings (SSSR count). The Morgan fingerprint density at radius 2 is 1.69 bits per heavy atom. The molecular weight excluding hydrogens is 326 g/mol. The monoisotopic (exact) mass is 349 g/mol. The molecule has 1 aliphatic rings. The molecule has 0 radical (unpaired) electrons. The number of rotatable bonds is 4. The molecular formula is C21H23N3O2. The summed E-state index contributed by atoms with van der Waals surface area (Å²) in [6.45, 7) is 4.02. The molecule has 26 heavy (non-hydrogen) atoms. The molecule has 2 amide bonds. The fraction of sp³-hybridized carbons (Fsp3) is 0.333. The summed E-state index contributed by atoms with van der Waals surface area (Å²) < 4.78 is 6.07. The lowest BCUT2D eigenvalue weighted by molar-refractivity contribution is 0.111. The van der Waals surface area contributed by atoms with Crippen molar-refractivity contribution in [3.63, 3.8) is 0 Å². The first-order valence-electron chi connectivity index (χ1n) is 8.99. The average Bonchev–Trinajstić information content (AvgIpc) is 2.69. The molecule has 1 fully saturated rings. The van der Waals surface area contributed by atoms with Crippen LogP contribution in [-0.4, -0.2) is 36.7 Å². The van der Waals surface area contributed by atoms with E-state index in [-0.39, 0.29) is 12.1 Å². The van der Waals surface area contributed by atoms with Gasteiger partial charge in [0.25, 0.3) is 0 Å². The molecule has 0 spiro atoms. The predicted octanol–water partition coefficient (Wildman–Crippen LogP) is 3.80. The molecule has 0 atom stereocenters. The fourth-order valence-corrected chi connectivity index (χ4v) is 3.10. The number of nitrogens with one attached hydrogen (secondary N) is 1. The average molecular weight is 349 g/mol. The Hall–Kier alpha value is -3.00. The molecule has 2 aromatic carbocycles. The van der Waals surface area contributed by atoms with Gasteiger partial charge < -0.3 is 15.0 Å². The Labute approximate surface area is 154 Å². The predicted molar refractivity (Wildman–Crippen MR) is 101 cm³/mol. The summed E-state index contributed by atoms with van der Waals surface area (Å²) in [5.41, 5.74) is 2.83. The third-order valence-corrected chi connectivity index (χ3v) is 4.56. The first-order valence-corrected chi connectivity index (χ1v) is 8.99. The van der Waals surface area contributed by atoms with E-state index in [1.165, 1.54) is 0 Å². The van der Waals surface area contributed by atoms with Crippen LogP contribution in [0.4, 0.5) is 4.79 Å². The van der Waals surface area contributed by atoms with E-state index in [2.05, 4.69) is 11.4 Å². The molecule has 5 nitrogen and oxygen atoms in total. The van der Waals surface area contributed by atoms with Gasteiger partial charge in [0.2, 0.25) is 0 Å². The Bertz CT molecular complexity index is 770. The molecule has 0 saturated carbocycles. The van der Waals surface area contributed by atoms with Gasteiger partial charge in [0.05, 0.1) is 11.6 Å². The number of nitriles is 1. The zero-order chi connectivity index (χ0) is 18.4. The number of carbonyl (C=O) groups is 1. The lowest BCUT2D eigenvalue weighted by Crippen LogP contribution is -2.46. The fourth-order valence-electron chi connectivity index (χ4n) is 3.10. The number of benzene rings is 2. The summed E-state index contributed by atoms with van der Waals surface area (Å²) >= 11 is 0. The van der Waals surface area contributed by atoms with Crippen molar-refractivity contribution >= 4 is 6.03 Å². The van der Waals surface area contributed by atoms with Crippen LogP contribution in [0.2, 0.25) is 0 Å². The summed E-state index contributed by atoms with van der Waals surface area (Å²) in [6.07, 6.45) is 1.82. The van der Waals surface area contributed by atoms with E-state index in [4.69, 9.17) is 10.00 Å². The largest absolute Gasteiger partial charge is 0.490 e. The van der Waals surface area contributed by atoms with Gasteiger partial charge >= 0.3 is 6.03 Å². The van der Waals surface area contributed by atoms with Crippen LogP contribution in [0.3, 0.4) is 0 Å². The number of hydrogen-bond acceptors (Lipinski definition) is 3. The summed E-state index contributed by atoms with van der Waals surface area (Å²) in [4.78, 5) is 13.7. The molecule has 0 aromatic heterocycles. The lowest BCUT2D eigenvalue weighted by Gasteiger charge is -2.32. The number of hydrogen-bond donors (Lipinski definition) is 1. The topological polar surface area (TPSA) is 65.4 Å². The zero-order valence-electron chi connectivity index (χ0n) is 14.9. The van der Waals surface area contributed by atoms with Crippen molar-refractivity contribution in [2.75, 3.05) is 19.6 Å². The SMILES string of the molecule is CCNC(=O)N1CCC(Oc2ccc(-c3ccc(C#N)cc3)cc2)CC1. The number of nitrogens with zero attached hydrogens (tertiary/aromatic N) is 2. The van der Waals surface area contributed by atoms with Crippen molar-refractivity contribution < 1.29 is 9.53 Å². The minimum Gasteiger partial charge on any atom is -0.490 e. The minimum atomic E-state index is 0.0118. The quantitative estimate of drug-likeness (QED) is 0.913.